The van der Waals surface area contributed by atoms with E-state index in [9.17, 15) is 0 Å². The van der Waals surface area contributed by atoms with Crippen molar-refractivity contribution in [1.82, 2.24) is 4.90 Å². The van der Waals surface area contributed by atoms with Crippen LogP contribution in [-0.4, -0.2) is 44.1 Å². The SMILES string of the molecule is CCN(Cc1ccc(OC)c(C(=N)N)c1)C(C)COC. The number of nitrogens with zero attached hydrogens (tertiary/aromatic N) is 1. The minimum Gasteiger partial charge on any atom is -0.496 e. The average molecular weight is 279 g/mol. The first-order chi connectivity index (χ1) is 9.53. The van der Waals surface area contributed by atoms with E-state index in [1.165, 1.54) is 0 Å². The molecule has 0 saturated heterocycles. The summed E-state index contributed by atoms with van der Waals surface area (Å²) in [4.78, 5) is 2.31. The van der Waals surface area contributed by atoms with Crippen LogP contribution in [0.15, 0.2) is 18.2 Å². The zero-order chi connectivity index (χ0) is 15.1. The molecule has 0 aliphatic rings. The maximum Gasteiger partial charge on any atom is 0.129 e. The number of amidine groups is 1. The second kappa shape index (κ2) is 7.87. The summed E-state index contributed by atoms with van der Waals surface area (Å²) in [5, 5.41) is 7.62. The molecule has 0 aliphatic heterocycles. The Morgan fingerprint density at radius 1 is 1.40 bits per heavy atom. The van der Waals surface area contributed by atoms with Crippen LogP contribution in [0.1, 0.15) is 25.0 Å². The number of nitrogen functional groups attached to an aromatic ring is 1. The fourth-order valence-electron chi connectivity index (χ4n) is 2.22. The fraction of sp³-hybridized carbons (Fsp3) is 0.533. The number of hydrogen-bond donors (Lipinski definition) is 2. The Hall–Kier alpha value is -1.59. The first-order valence-electron chi connectivity index (χ1n) is 6.77. The molecule has 0 radical (unpaired) electrons. The van der Waals surface area contributed by atoms with E-state index < -0.39 is 0 Å². The number of ether oxygens (including phenoxy) is 2. The van der Waals surface area contributed by atoms with E-state index in [1.54, 1.807) is 14.2 Å². The van der Waals surface area contributed by atoms with Crippen molar-refractivity contribution in [3.8, 4) is 5.75 Å². The molecule has 0 fully saturated rings. The Morgan fingerprint density at radius 2 is 2.10 bits per heavy atom. The fourth-order valence-corrected chi connectivity index (χ4v) is 2.22. The summed E-state index contributed by atoms with van der Waals surface area (Å²) in [5.74, 6) is 0.658. The molecule has 3 N–H and O–H groups in total. The van der Waals surface area contributed by atoms with E-state index >= 15 is 0 Å². The van der Waals surface area contributed by atoms with Crippen molar-refractivity contribution < 1.29 is 9.47 Å². The van der Waals surface area contributed by atoms with Crippen LogP contribution in [0.3, 0.4) is 0 Å². The summed E-state index contributed by atoms with van der Waals surface area (Å²) in [6, 6.07) is 6.13. The maximum absolute atomic E-state index is 7.62. The molecule has 5 nitrogen and oxygen atoms in total. The third-order valence-corrected chi connectivity index (χ3v) is 3.38. The quantitative estimate of drug-likeness (QED) is 0.562. The van der Waals surface area contributed by atoms with Gasteiger partial charge in [-0.2, -0.15) is 0 Å². The topological polar surface area (TPSA) is 71.6 Å². The van der Waals surface area contributed by atoms with Crippen molar-refractivity contribution in [1.29, 1.82) is 5.41 Å². The van der Waals surface area contributed by atoms with Crippen molar-refractivity contribution in [3.05, 3.63) is 29.3 Å². The third kappa shape index (κ3) is 4.21. The molecule has 1 atom stereocenters. The van der Waals surface area contributed by atoms with Gasteiger partial charge in [0.25, 0.3) is 0 Å². The van der Waals surface area contributed by atoms with Crippen LogP contribution >= 0.6 is 0 Å². The molecule has 112 valence electrons. The molecule has 0 spiro atoms. The van der Waals surface area contributed by atoms with Gasteiger partial charge in [0, 0.05) is 19.7 Å². The van der Waals surface area contributed by atoms with Gasteiger partial charge < -0.3 is 15.2 Å². The smallest absolute Gasteiger partial charge is 0.129 e. The molecule has 0 amide bonds. The summed E-state index contributed by atoms with van der Waals surface area (Å²) < 4.78 is 10.4. The van der Waals surface area contributed by atoms with Crippen molar-refractivity contribution in [3.63, 3.8) is 0 Å². The second-order valence-electron chi connectivity index (χ2n) is 4.82. The number of likely N-dealkylation sites (N-methyl/N-ethyl adjacent to an activating group) is 1. The maximum atomic E-state index is 7.62. The highest BCUT2D eigenvalue weighted by Gasteiger charge is 2.14. The number of rotatable bonds is 8. The summed E-state index contributed by atoms with van der Waals surface area (Å²) in [6.07, 6.45) is 0. The van der Waals surface area contributed by atoms with E-state index in [-0.39, 0.29) is 5.84 Å². The molecular formula is C15H25N3O2. The third-order valence-electron chi connectivity index (χ3n) is 3.38. The lowest BCUT2D eigenvalue weighted by Crippen LogP contribution is -2.35. The minimum absolute atomic E-state index is 0.0247. The van der Waals surface area contributed by atoms with Gasteiger partial charge in [-0.3, -0.25) is 10.3 Å². The van der Waals surface area contributed by atoms with Crippen LogP contribution in [0.5, 0.6) is 5.75 Å². The molecule has 1 aromatic rings. The molecule has 0 heterocycles. The van der Waals surface area contributed by atoms with Crippen LogP contribution in [0.25, 0.3) is 0 Å². The highest BCUT2D eigenvalue weighted by molar-refractivity contribution is 5.97. The van der Waals surface area contributed by atoms with Gasteiger partial charge in [-0.1, -0.05) is 13.0 Å². The van der Waals surface area contributed by atoms with Crippen molar-refractivity contribution >= 4 is 5.84 Å². The van der Waals surface area contributed by atoms with Gasteiger partial charge in [0.15, 0.2) is 0 Å². The molecule has 1 rings (SSSR count). The second-order valence-corrected chi connectivity index (χ2v) is 4.82. The van der Waals surface area contributed by atoms with Gasteiger partial charge in [0.05, 0.1) is 19.3 Å². The molecule has 5 heteroatoms. The average Bonchev–Trinajstić information content (AvgIpc) is 2.44. The number of benzene rings is 1. The lowest BCUT2D eigenvalue weighted by Gasteiger charge is -2.27. The number of nitrogens with one attached hydrogen (secondary N) is 1. The summed E-state index contributed by atoms with van der Waals surface area (Å²) in [5.41, 5.74) is 7.35. The Labute approximate surface area is 121 Å². The van der Waals surface area contributed by atoms with Crippen molar-refractivity contribution in [2.75, 3.05) is 27.4 Å². The monoisotopic (exact) mass is 279 g/mol. The lowest BCUT2D eigenvalue weighted by molar-refractivity contribution is 0.0982. The number of nitrogens with two attached hydrogens (primary N) is 1. The Balaban J connectivity index is 2.91. The van der Waals surface area contributed by atoms with Crippen molar-refractivity contribution in [2.45, 2.75) is 26.4 Å². The van der Waals surface area contributed by atoms with Crippen LogP contribution in [0.4, 0.5) is 0 Å². The van der Waals surface area contributed by atoms with Crippen LogP contribution in [0, 0.1) is 5.41 Å². The standard InChI is InChI=1S/C15H25N3O2/c1-5-18(11(2)10-19-3)9-12-6-7-14(20-4)13(8-12)15(16)17/h6-8,11H,5,9-10H2,1-4H3,(H3,16,17). The highest BCUT2D eigenvalue weighted by Crippen LogP contribution is 2.20. The van der Waals surface area contributed by atoms with Gasteiger partial charge in [0.1, 0.15) is 11.6 Å². The summed E-state index contributed by atoms with van der Waals surface area (Å²) >= 11 is 0. The molecule has 0 saturated carbocycles. The van der Waals surface area contributed by atoms with E-state index in [4.69, 9.17) is 20.6 Å². The molecule has 0 bridgehead atoms. The lowest BCUT2D eigenvalue weighted by atomic mass is 10.1. The molecule has 1 aromatic carbocycles. The van der Waals surface area contributed by atoms with Gasteiger partial charge in [-0.25, -0.2) is 0 Å². The summed E-state index contributed by atoms with van der Waals surface area (Å²) in [7, 11) is 3.30. The van der Waals surface area contributed by atoms with Crippen LogP contribution < -0.4 is 10.5 Å². The Morgan fingerprint density at radius 3 is 2.60 bits per heavy atom. The highest BCUT2D eigenvalue weighted by atomic mass is 16.5. The number of hydrogen-bond acceptors (Lipinski definition) is 4. The molecular weight excluding hydrogens is 254 g/mol. The molecule has 1 unspecified atom stereocenters. The van der Waals surface area contributed by atoms with Crippen LogP contribution in [0.2, 0.25) is 0 Å². The largest absolute Gasteiger partial charge is 0.496 e. The Bertz CT molecular complexity index is 449. The van der Waals surface area contributed by atoms with Gasteiger partial charge >= 0.3 is 0 Å². The minimum atomic E-state index is 0.0247. The zero-order valence-corrected chi connectivity index (χ0v) is 12.8. The normalized spacial score (nSPS) is 12.4. The van der Waals surface area contributed by atoms with Crippen LogP contribution in [-0.2, 0) is 11.3 Å². The van der Waals surface area contributed by atoms with E-state index in [0.717, 1.165) is 18.7 Å². The Kier molecular flexibility index (Phi) is 6.48. The summed E-state index contributed by atoms with van der Waals surface area (Å²) in [6.45, 7) is 6.70. The van der Waals surface area contributed by atoms with E-state index in [0.29, 0.717) is 24.0 Å². The first-order valence-corrected chi connectivity index (χ1v) is 6.77. The van der Waals surface area contributed by atoms with E-state index in [2.05, 4.69) is 18.7 Å². The first kappa shape index (κ1) is 16.5. The van der Waals surface area contributed by atoms with E-state index in [1.807, 2.05) is 18.2 Å². The zero-order valence-electron chi connectivity index (χ0n) is 12.8. The predicted octanol–water partition coefficient (Wildman–Crippen LogP) is 1.84. The molecule has 0 aliphatic carbocycles. The van der Waals surface area contributed by atoms with Gasteiger partial charge in [0.2, 0.25) is 0 Å². The van der Waals surface area contributed by atoms with Gasteiger partial charge in [-0.05, 0) is 31.2 Å². The van der Waals surface area contributed by atoms with Crippen molar-refractivity contribution in [2.24, 2.45) is 5.73 Å². The molecule has 0 aromatic heterocycles. The molecule has 20 heavy (non-hydrogen) atoms. The predicted molar refractivity (Wildman–Crippen MR) is 81.4 cm³/mol. The van der Waals surface area contributed by atoms with Gasteiger partial charge in [-0.15, -0.1) is 0 Å². The number of methoxy groups -OCH3 is 2.